The lowest BCUT2D eigenvalue weighted by molar-refractivity contribution is -0.727. The van der Waals surface area contributed by atoms with E-state index in [0.29, 0.717) is 24.8 Å². The third-order valence-electron chi connectivity index (χ3n) is 4.43. The molecule has 2 amide bonds. The number of nitrogens with one attached hydrogen (secondary N) is 2. The molecule has 8 heteroatoms. The predicted molar refractivity (Wildman–Crippen MR) is 110 cm³/mol. The fourth-order valence-electron chi connectivity index (χ4n) is 2.88. The SMILES string of the molecule is CCC[C@H](NC(=O)c1cc[n+](COC(=O)N[C@@H](C)Cc2ccccc2)cc1)C(=O)O. The standard InChI is InChI=1S/C22H27N3O5/c1-3-7-19(21(27)28)24-20(26)18-10-12-25(13-11-18)15-30-22(29)23-16(2)14-17-8-5-4-6-9-17/h4-6,8-13,16,19H,3,7,14-15H2,1-2H3,(H2-,23,24,26,27,28,29)/p+1/t16-,19-/m0/s1. The van der Waals surface area contributed by atoms with Crippen molar-refractivity contribution in [1.82, 2.24) is 10.6 Å². The van der Waals surface area contributed by atoms with Gasteiger partial charge in [-0.05, 0) is 25.3 Å². The summed E-state index contributed by atoms with van der Waals surface area (Å²) < 4.78 is 6.80. The van der Waals surface area contributed by atoms with Gasteiger partial charge < -0.3 is 20.5 Å². The molecule has 0 aliphatic rings. The number of carbonyl (C=O) groups excluding carboxylic acids is 2. The Morgan fingerprint density at radius 3 is 2.33 bits per heavy atom. The Balaban J connectivity index is 1.80. The van der Waals surface area contributed by atoms with Crippen LogP contribution in [-0.2, 0) is 22.7 Å². The molecular weight excluding hydrogens is 386 g/mol. The second kappa shape index (κ2) is 11.5. The summed E-state index contributed by atoms with van der Waals surface area (Å²) in [5.41, 5.74) is 1.45. The van der Waals surface area contributed by atoms with Gasteiger partial charge in [0.25, 0.3) is 12.6 Å². The number of alkyl carbamates (subject to hydrolysis) is 1. The maximum absolute atomic E-state index is 12.2. The summed E-state index contributed by atoms with van der Waals surface area (Å²) >= 11 is 0. The van der Waals surface area contributed by atoms with E-state index in [-0.39, 0.29) is 12.8 Å². The van der Waals surface area contributed by atoms with E-state index in [1.807, 2.05) is 44.2 Å². The van der Waals surface area contributed by atoms with Gasteiger partial charge in [-0.25, -0.2) is 9.59 Å². The summed E-state index contributed by atoms with van der Waals surface area (Å²) in [6.07, 6.45) is 4.35. The Bertz CT molecular complexity index is 840. The zero-order valence-electron chi connectivity index (χ0n) is 17.2. The normalized spacial score (nSPS) is 12.5. The average molecular weight is 414 g/mol. The van der Waals surface area contributed by atoms with Crippen molar-refractivity contribution >= 4 is 18.0 Å². The van der Waals surface area contributed by atoms with Crippen molar-refractivity contribution in [3.63, 3.8) is 0 Å². The molecular formula is C22H28N3O5+. The Hall–Kier alpha value is -3.42. The average Bonchev–Trinajstić information content (AvgIpc) is 2.72. The summed E-state index contributed by atoms with van der Waals surface area (Å²) in [4.78, 5) is 35.3. The molecule has 1 aromatic carbocycles. The predicted octanol–water partition coefficient (Wildman–Crippen LogP) is 2.27. The fourth-order valence-corrected chi connectivity index (χ4v) is 2.88. The smallest absolute Gasteiger partial charge is 0.412 e. The molecule has 0 saturated carbocycles. The van der Waals surface area contributed by atoms with Crippen LogP contribution in [0.15, 0.2) is 54.9 Å². The number of pyridine rings is 1. The highest BCUT2D eigenvalue weighted by Gasteiger charge is 2.20. The number of aromatic nitrogens is 1. The van der Waals surface area contributed by atoms with Crippen LogP contribution in [-0.4, -0.2) is 35.2 Å². The first-order valence-electron chi connectivity index (χ1n) is 9.89. The number of hydrogen-bond acceptors (Lipinski definition) is 4. The minimum atomic E-state index is -1.06. The number of benzene rings is 1. The lowest BCUT2D eigenvalue weighted by atomic mass is 10.1. The number of nitrogens with zero attached hydrogens (tertiary/aromatic N) is 1. The zero-order chi connectivity index (χ0) is 21.9. The van der Waals surface area contributed by atoms with Gasteiger partial charge in [0.2, 0.25) is 0 Å². The van der Waals surface area contributed by atoms with Crippen LogP contribution in [0.25, 0.3) is 0 Å². The van der Waals surface area contributed by atoms with Crippen molar-refractivity contribution in [2.24, 2.45) is 0 Å². The summed E-state index contributed by atoms with van der Waals surface area (Å²) in [6.45, 7) is 3.74. The molecule has 0 aliphatic heterocycles. The molecule has 8 nitrogen and oxygen atoms in total. The van der Waals surface area contributed by atoms with E-state index < -0.39 is 24.0 Å². The highest BCUT2D eigenvalue weighted by molar-refractivity contribution is 5.96. The van der Waals surface area contributed by atoms with Gasteiger partial charge in [0.15, 0.2) is 12.4 Å². The number of aliphatic carboxylic acids is 1. The molecule has 0 radical (unpaired) electrons. The molecule has 0 bridgehead atoms. The van der Waals surface area contributed by atoms with Crippen molar-refractivity contribution in [2.75, 3.05) is 0 Å². The molecule has 30 heavy (non-hydrogen) atoms. The van der Waals surface area contributed by atoms with E-state index in [4.69, 9.17) is 9.84 Å². The quantitative estimate of drug-likeness (QED) is 0.517. The molecule has 2 atom stereocenters. The maximum Gasteiger partial charge on any atom is 0.412 e. The Kier molecular flexibility index (Phi) is 8.80. The van der Waals surface area contributed by atoms with Gasteiger partial charge >= 0.3 is 12.1 Å². The molecule has 2 aromatic rings. The van der Waals surface area contributed by atoms with E-state index in [9.17, 15) is 14.4 Å². The number of rotatable bonds is 10. The summed E-state index contributed by atoms with van der Waals surface area (Å²) in [7, 11) is 0. The summed E-state index contributed by atoms with van der Waals surface area (Å²) in [5.74, 6) is -1.52. The van der Waals surface area contributed by atoms with Crippen LogP contribution < -0.4 is 15.2 Å². The number of carboxylic acid groups (broad SMARTS) is 1. The fraction of sp³-hybridized carbons (Fsp3) is 0.364. The van der Waals surface area contributed by atoms with E-state index in [1.54, 1.807) is 29.1 Å². The highest BCUT2D eigenvalue weighted by Crippen LogP contribution is 2.03. The summed E-state index contributed by atoms with van der Waals surface area (Å²) in [6, 6.07) is 11.9. The number of carboxylic acids is 1. The van der Waals surface area contributed by atoms with Gasteiger partial charge in [0.1, 0.15) is 6.04 Å². The molecule has 1 heterocycles. The van der Waals surface area contributed by atoms with Crippen molar-refractivity contribution < 1.29 is 28.8 Å². The van der Waals surface area contributed by atoms with Gasteiger partial charge in [-0.1, -0.05) is 43.7 Å². The molecule has 0 saturated heterocycles. The van der Waals surface area contributed by atoms with Crippen molar-refractivity contribution in [3.8, 4) is 0 Å². The first-order chi connectivity index (χ1) is 14.4. The van der Waals surface area contributed by atoms with Gasteiger partial charge in [-0.15, -0.1) is 0 Å². The van der Waals surface area contributed by atoms with Crippen molar-refractivity contribution in [1.29, 1.82) is 0 Å². The molecule has 0 fully saturated rings. The second-order valence-electron chi connectivity index (χ2n) is 7.05. The van der Waals surface area contributed by atoms with Gasteiger partial charge in [0.05, 0.1) is 5.56 Å². The lowest BCUT2D eigenvalue weighted by Gasteiger charge is -2.13. The number of ether oxygens (including phenoxy) is 1. The second-order valence-corrected chi connectivity index (χ2v) is 7.05. The minimum absolute atomic E-state index is 0.0145. The Morgan fingerprint density at radius 1 is 1.07 bits per heavy atom. The van der Waals surface area contributed by atoms with Crippen LogP contribution in [0.4, 0.5) is 4.79 Å². The molecule has 1 aromatic heterocycles. The van der Waals surface area contributed by atoms with Crippen molar-refractivity contribution in [3.05, 3.63) is 66.0 Å². The molecule has 0 unspecified atom stereocenters. The van der Waals surface area contributed by atoms with Gasteiger partial charge in [-0.2, -0.15) is 4.57 Å². The molecule has 3 N–H and O–H groups in total. The number of amides is 2. The van der Waals surface area contributed by atoms with Gasteiger partial charge in [-0.3, -0.25) is 4.79 Å². The van der Waals surface area contributed by atoms with Crippen LogP contribution in [0.2, 0.25) is 0 Å². The van der Waals surface area contributed by atoms with E-state index in [2.05, 4.69) is 10.6 Å². The summed E-state index contributed by atoms with van der Waals surface area (Å²) in [5, 5.41) is 14.4. The van der Waals surface area contributed by atoms with Gasteiger partial charge in [0, 0.05) is 18.2 Å². The maximum atomic E-state index is 12.2. The Morgan fingerprint density at radius 2 is 1.73 bits per heavy atom. The number of hydrogen-bond donors (Lipinski definition) is 3. The van der Waals surface area contributed by atoms with Crippen LogP contribution in [0.3, 0.4) is 0 Å². The molecule has 0 aliphatic carbocycles. The largest absolute Gasteiger partial charge is 0.480 e. The van der Waals surface area contributed by atoms with Crippen LogP contribution in [0.1, 0.15) is 42.6 Å². The topological polar surface area (TPSA) is 109 Å². The molecule has 0 spiro atoms. The first-order valence-corrected chi connectivity index (χ1v) is 9.89. The van der Waals surface area contributed by atoms with Crippen molar-refractivity contribution in [2.45, 2.75) is 51.9 Å². The molecule has 2 rings (SSSR count). The Labute approximate surface area is 175 Å². The monoisotopic (exact) mass is 414 g/mol. The van der Waals surface area contributed by atoms with E-state index >= 15 is 0 Å². The van der Waals surface area contributed by atoms with Crippen LogP contribution >= 0.6 is 0 Å². The van der Waals surface area contributed by atoms with Crippen LogP contribution in [0, 0.1) is 0 Å². The minimum Gasteiger partial charge on any atom is -0.480 e. The third kappa shape index (κ3) is 7.54. The lowest BCUT2D eigenvalue weighted by Crippen LogP contribution is -2.42. The molecule has 160 valence electrons. The number of carbonyl (C=O) groups is 3. The van der Waals surface area contributed by atoms with E-state index in [1.165, 1.54) is 0 Å². The van der Waals surface area contributed by atoms with E-state index in [0.717, 1.165) is 5.56 Å². The zero-order valence-corrected chi connectivity index (χ0v) is 17.2. The third-order valence-corrected chi connectivity index (χ3v) is 4.43. The first kappa shape index (κ1) is 22.9. The van der Waals surface area contributed by atoms with Crippen LogP contribution in [0.5, 0.6) is 0 Å². The highest BCUT2D eigenvalue weighted by atomic mass is 16.6.